The molecular formula is C24H23F3N4O4. The number of aromatic nitrogens is 3. The van der Waals surface area contributed by atoms with Crippen LogP contribution in [0.2, 0.25) is 0 Å². The van der Waals surface area contributed by atoms with Crippen LogP contribution in [0.5, 0.6) is 17.4 Å². The summed E-state index contributed by atoms with van der Waals surface area (Å²) in [5, 5.41) is 0. The fourth-order valence-corrected chi connectivity index (χ4v) is 4.34. The Balaban J connectivity index is 1.19. The zero-order valence-electron chi connectivity index (χ0n) is 18.9. The van der Waals surface area contributed by atoms with E-state index in [1.807, 2.05) is 0 Å². The molecule has 0 amide bonds. The Morgan fingerprint density at radius 3 is 2.71 bits per heavy atom. The van der Waals surface area contributed by atoms with Gasteiger partial charge < -0.3 is 19.1 Å². The molecule has 0 N–H and O–H groups in total. The normalized spacial score (nSPS) is 19.3. The van der Waals surface area contributed by atoms with E-state index >= 15 is 0 Å². The summed E-state index contributed by atoms with van der Waals surface area (Å²) < 4.78 is 57.0. The number of halogens is 3. The standard InChI is InChI=1S/C24H23F3N4O4/c1-23-14-30-21(31(23)9-11-33-15-23)13-20(29-22(30)32)34-10-7-16-2-4-17(5-3-16)35-18-6-8-28-19(12-18)24(25,26)27/h2-6,8,12-13H,7,9-11,14-15H2,1H3/t23-/m1/s1. The van der Waals surface area contributed by atoms with E-state index in [0.29, 0.717) is 45.1 Å². The summed E-state index contributed by atoms with van der Waals surface area (Å²) in [7, 11) is 0. The topological polar surface area (TPSA) is 78.7 Å². The first-order valence-electron chi connectivity index (χ1n) is 11.1. The molecule has 2 aliphatic rings. The Morgan fingerprint density at radius 1 is 1.14 bits per heavy atom. The zero-order chi connectivity index (χ0) is 24.6. The largest absolute Gasteiger partial charge is 0.477 e. The molecule has 0 aliphatic carbocycles. The van der Waals surface area contributed by atoms with Gasteiger partial charge in [0, 0.05) is 31.3 Å². The molecule has 1 saturated heterocycles. The van der Waals surface area contributed by atoms with E-state index in [0.717, 1.165) is 23.6 Å². The number of pyridine rings is 1. The molecule has 0 saturated carbocycles. The molecule has 4 heterocycles. The Labute approximate surface area is 198 Å². The minimum atomic E-state index is -4.54. The monoisotopic (exact) mass is 488 g/mol. The van der Waals surface area contributed by atoms with Gasteiger partial charge in [0.15, 0.2) is 0 Å². The molecule has 2 aliphatic heterocycles. The zero-order valence-corrected chi connectivity index (χ0v) is 18.9. The summed E-state index contributed by atoms with van der Waals surface area (Å²) in [6.07, 6.45) is -2.93. The summed E-state index contributed by atoms with van der Waals surface area (Å²) in [6.45, 7) is 4.75. The van der Waals surface area contributed by atoms with Gasteiger partial charge >= 0.3 is 11.9 Å². The molecule has 0 spiro atoms. The van der Waals surface area contributed by atoms with E-state index in [4.69, 9.17) is 14.2 Å². The van der Waals surface area contributed by atoms with E-state index in [9.17, 15) is 18.0 Å². The second-order valence-electron chi connectivity index (χ2n) is 8.74. The first kappa shape index (κ1) is 23.2. The maximum Gasteiger partial charge on any atom is 0.433 e. The average Bonchev–Trinajstić information content (AvgIpc) is 3.13. The quantitative estimate of drug-likeness (QED) is 0.524. The molecule has 0 radical (unpaired) electrons. The number of nitrogens with zero attached hydrogens (tertiary/aromatic N) is 4. The van der Waals surface area contributed by atoms with Crippen LogP contribution in [0.1, 0.15) is 18.2 Å². The minimum Gasteiger partial charge on any atom is -0.477 e. The number of hydrogen-bond donors (Lipinski definition) is 0. The Hall–Kier alpha value is -3.60. The third-order valence-corrected chi connectivity index (χ3v) is 6.09. The van der Waals surface area contributed by atoms with Crippen LogP contribution in [0, 0.1) is 0 Å². The summed E-state index contributed by atoms with van der Waals surface area (Å²) in [6, 6.07) is 10.9. The first-order chi connectivity index (χ1) is 16.7. The third-order valence-electron chi connectivity index (χ3n) is 6.09. The van der Waals surface area contributed by atoms with E-state index in [-0.39, 0.29) is 22.9 Å². The van der Waals surface area contributed by atoms with Crippen molar-refractivity contribution in [1.29, 1.82) is 0 Å². The van der Waals surface area contributed by atoms with Gasteiger partial charge in [-0.05, 0) is 30.7 Å². The lowest BCUT2D eigenvalue weighted by Gasteiger charge is -2.39. The molecule has 35 heavy (non-hydrogen) atoms. The highest BCUT2D eigenvalue weighted by atomic mass is 19.4. The molecule has 1 aromatic carbocycles. The van der Waals surface area contributed by atoms with Crippen LogP contribution in [0.15, 0.2) is 53.5 Å². The SMILES string of the molecule is C[C@@]12COCCN1c1cc(OCCc3ccc(Oc4ccnc(C(F)(F)F)c4)cc3)nc(=O)n1C2. The maximum atomic E-state index is 12.8. The number of hydrogen-bond acceptors (Lipinski definition) is 7. The Bertz CT molecular complexity index is 1280. The Kier molecular flexibility index (Phi) is 5.87. The lowest BCUT2D eigenvalue weighted by Crippen LogP contribution is -2.53. The van der Waals surface area contributed by atoms with Gasteiger partial charge in [-0.1, -0.05) is 12.1 Å². The van der Waals surface area contributed by atoms with Crippen molar-refractivity contribution in [2.75, 3.05) is 31.3 Å². The summed E-state index contributed by atoms with van der Waals surface area (Å²) in [5.41, 5.74) is -0.693. The minimum absolute atomic E-state index is 0.0498. The number of ether oxygens (including phenoxy) is 3. The second-order valence-corrected chi connectivity index (χ2v) is 8.74. The molecule has 3 aromatic rings. The highest BCUT2D eigenvalue weighted by molar-refractivity contribution is 5.50. The lowest BCUT2D eigenvalue weighted by atomic mass is 10.0. The predicted molar refractivity (Wildman–Crippen MR) is 120 cm³/mol. The van der Waals surface area contributed by atoms with E-state index in [1.165, 1.54) is 6.07 Å². The molecule has 0 bridgehead atoms. The molecule has 2 aromatic heterocycles. The highest BCUT2D eigenvalue weighted by Crippen LogP contribution is 2.35. The van der Waals surface area contributed by atoms with Gasteiger partial charge in [0.1, 0.15) is 23.0 Å². The van der Waals surface area contributed by atoms with Gasteiger partial charge in [-0.15, -0.1) is 0 Å². The van der Waals surface area contributed by atoms with Crippen LogP contribution in [0.3, 0.4) is 0 Å². The van der Waals surface area contributed by atoms with Crippen LogP contribution in [0.25, 0.3) is 0 Å². The molecule has 1 atom stereocenters. The number of alkyl halides is 3. The molecule has 184 valence electrons. The van der Waals surface area contributed by atoms with Gasteiger partial charge in [-0.2, -0.15) is 18.2 Å². The molecular weight excluding hydrogens is 465 g/mol. The van der Waals surface area contributed by atoms with E-state index < -0.39 is 11.9 Å². The number of anilines is 1. The number of benzene rings is 1. The van der Waals surface area contributed by atoms with Crippen LogP contribution in [-0.2, 0) is 23.9 Å². The first-order valence-corrected chi connectivity index (χ1v) is 11.1. The van der Waals surface area contributed by atoms with Crippen molar-refractivity contribution in [3.05, 3.63) is 70.4 Å². The van der Waals surface area contributed by atoms with E-state index in [1.54, 1.807) is 34.9 Å². The van der Waals surface area contributed by atoms with Crippen molar-refractivity contribution < 1.29 is 27.4 Å². The van der Waals surface area contributed by atoms with E-state index in [2.05, 4.69) is 21.8 Å². The summed E-state index contributed by atoms with van der Waals surface area (Å²) in [4.78, 5) is 22.1. The summed E-state index contributed by atoms with van der Waals surface area (Å²) >= 11 is 0. The fraction of sp³-hybridized carbons (Fsp3) is 0.375. The van der Waals surface area contributed by atoms with Gasteiger partial charge in [0.05, 0.1) is 31.9 Å². The summed E-state index contributed by atoms with van der Waals surface area (Å²) in [5.74, 6) is 1.51. The molecule has 0 unspecified atom stereocenters. The second kappa shape index (κ2) is 8.88. The van der Waals surface area contributed by atoms with Crippen LogP contribution >= 0.6 is 0 Å². The highest BCUT2D eigenvalue weighted by Gasteiger charge is 2.43. The smallest absolute Gasteiger partial charge is 0.433 e. The molecule has 8 nitrogen and oxygen atoms in total. The Morgan fingerprint density at radius 2 is 1.94 bits per heavy atom. The van der Waals surface area contributed by atoms with Gasteiger partial charge in [0.25, 0.3) is 0 Å². The van der Waals surface area contributed by atoms with Crippen LogP contribution in [-0.4, -0.2) is 46.4 Å². The van der Waals surface area contributed by atoms with Crippen molar-refractivity contribution in [2.45, 2.75) is 31.6 Å². The number of morpholine rings is 1. The van der Waals surface area contributed by atoms with Crippen molar-refractivity contribution in [1.82, 2.24) is 14.5 Å². The molecule has 1 fully saturated rings. The third kappa shape index (κ3) is 4.81. The molecule has 11 heteroatoms. The predicted octanol–water partition coefficient (Wildman–Crippen LogP) is 3.68. The van der Waals surface area contributed by atoms with Crippen molar-refractivity contribution in [2.24, 2.45) is 0 Å². The number of fused-ring (bicyclic) bond motifs is 3. The van der Waals surface area contributed by atoms with Crippen LogP contribution in [0.4, 0.5) is 19.0 Å². The van der Waals surface area contributed by atoms with Crippen molar-refractivity contribution in [3.63, 3.8) is 0 Å². The van der Waals surface area contributed by atoms with Crippen molar-refractivity contribution >= 4 is 5.82 Å². The van der Waals surface area contributed by atoms with Crippen molar-refractivity contribution in [3.8, 4) is 17.4 Å². The van der Waals surface area contributed by atoms with Crippen LogP contribution < -0.4 is 20.1 Å². The fourth-order valence-electron chi connectivity index (χ4n) is 4.34. The number of rotatable bonds is 6. The van der Waals surface area contributed by atoms with Gasteiger partial charge in [0.2, 0.25) is 5.88 Å². The average molecular weight is 488 g/mol. The van der Waals surface area contributed by atoms with Gasteiger partial charge in [-0.3, -0.25) is 9.55 Å². The molecule has 5 rings (SSSR count). The van der Waals surface area contributed by atoms with Gasteiger partial charge in [-0.25, -0.2) is 4.79 Å². The lowest BCUT2D eigenvalue weighted by molar-refractivity contribution is -0.141. The maximum absolute atomic E-state index is 12.8.